The van der Waals surface area contributed by atoms with E-state index in [0.717, 1.165) is 4.90 Å². The van der Waals surface area contributed by atoms with E-state index in [1.54, 1.807) is 43.3 Å². The zero-order chi connectivity index (χ0) is 23.5. The maximum absolute atomic E-state index is 13.1. The highest BCUT2D eigenvalue weighted by Crippen LogP contribution is 2.31. The Hall–Kier alpha value is -4.66. The molecule has 9 heteroatoms. The molecule has 0 aliphatic carbocycles. The van der Waals surface area contributed by atoms with E-state index in [-0.39, 0.29) is 22.6 Å². The van der Waals surface area contributed by atoms with Gasteiger partial charge in [0.1, 0.15) is 22.8 Å². The molecule has 0 saturated carbocycles. The van der Waals surface area contributed by atoms with Crippen molar-refractivity contribution in [1.29, 1.82) is 0 Å². The second-order valence-electron chi connectivity index (χ2n) is 6.95. The number of carbonyl (C=O) groups is 4. The summed E-state index contributed by atoms with van der Waals surface area (Å²) in [5.74, 6) is -1.93. The van der Waals surface area contributed by atoms with Gasteiger partial charge in [0.2, 0.25) is 0 Å². The lowest BCUT2D eigenvalue weighted by atomic mass is 10.1. The van der Waals surface area contributed by atoms with E-state index in [0.29, 0.717) is 23.7 Å². The summed E-state index contributed by atoms with van der Waals surface area (Å²) in [4.78, 5) is 50.0. The number of urea groups is 1. The number of carbonyl (C=O) groups excluding carboxylic acids is 3. The first-order chi connectivity index (χ1) is 15.9. The minimum Gasteiger partial charge on any atom is -0.492 e. The molecule has 33 heavy (non-hydrogen) atoms. The average Bonchev–Trinajstić information content (AvgIpc) is 3.27. The second-order valence-corrected chi connectivity index (χ2v) is 6.95. The number of aromatic carboxylic acids is 1. The largest absolute Gasteiger partial charge is 0.492 e. The number of anilines is 1. The van der Waals surface area contributed by atoms with Crippen LogP contribution in [-0.2, 0) is 9.59 Å². The SMILES string of the molecule is CCOc1ccccc1N1C(=O)NC(=O)/C(=C/c2ccc(-c3cccc(C(=O)O)c3)o2)C1=O. The molecule has 166 valence electrons. The minimum absolute atomic E-state index is 0.0905. The number of barbiturate groups is 1. The summed E-state index contributed by atoms with van der Waals surface area (Å²) >= 11 is 0. The molecular formula is C24H18N2O7. The highest BCUT2D eigenvalue weighted by atomic mass is 16.5. The number of carboxylic acids is 1. The third-order valence-corrected chi connectivity index (χ3v) is 4.82. The van der Waals surface area contributed by atoms with E-state index in [4.69, 9.17) is 14.3 Å². The molecule has 2 aromatic carbocycles. The molecule has 1 aliphatic rings. The van der Waals surface area contributed by atoms with Crippen LogP contribution in [0, 0.1) is 0 Å². The predicted molar refractivity (Wildman–Crippen MR) is 118 cm³/mol. The van der Waals surface area contributed by atoms with Gasteiger partial charge in [0.15, 0.2) is 0 Å². The lowest BCUT2D eigenvalue weighted by molar-refractivity contribution is -0.122. The molecule has 1 fully saturated rings. The summed E-state index contributed by atoms with van der Waals surface area (Å²) in [6.07, 6.45) is 1.23. The maximum Gasteiger partial charge on any atom is 0.336 e. The Morgan fingerprint density at radius 2 is 1.88 bits per heavy atom. The molecule has 3 aromatic rings. The quantitative estimate of drug-likeness (QED) is 0.437. The third-order valence-electron chi connectivity index (χ3n) is 4.82. The van der Waals surface area contributed by atoms with E-state index in [2.05, 4.69) is 5.32 Å². The number of nitrogens with one attached hydrogen (secondary N) is 1. The van der Waals surface area contributed by atoms with Gasteiger partial charge in [-0.1, -0.05) is 24.3 Å². The first kappa shape index (κ1) is 21.6. The Balaban J connectivity index is 1.68. The summed E-state index contributed by atoms with van der Waals surface area (Å²) < 4.78 is 11.2. The smallest absolute Gasteiger partial charge is 0.336 e. The number of amides is 4. The van der Waals surface area contributed by atoms with Gasteiger partial charge in [-0.25, -0.2) is 14.5 Å². The van der Waals surface area contributed by atoms with Crippen molar-refractivity contribution in [1.82, 2.24) is 5.32 Å². The van der Waals surface area contributed by atoms with Crippen LogP contribution in [-0.4, -0.2) is 35.5 Å². The van der Waals surface area contributed by atoms with Crippen molar-refractivity contribution in [2.45, 2.75) is 6.92 Å². The van der Waals surface area contributed by atoms with Crippen LogP contribution in [0.3, 0.4) is 0 Å². The van der Waals surface area contributed by atoms with Crippen LogP contribution < -0.4 is 15.0 Å². The van der Waals surface area contributed by atoms with Gasteiger partial charge >= 0.3 is 12.0 Å². The molecule has 1 aliphatic heterocycles. The van der Waals surface area contributed by atoms with E-state index < -0.39 is 23.8 Å². The Morgan fingerprint density at radius 3 is 2.64 bits per heavy atom. The number of imide groups is 2. The van der Waals surface area contributed by atoms with Crippen LogP contribution in [0.5, 0.6) is 5.75 Å². The van der Waals surface area contributed by atoms with Crippen molar-refractivity contribution in [2.75, 3.05) is 11.5 Å². The van der Waals surface area contributed by atoms with Crippen molar-refractivity contribution in [3.05, 3.63) is 77.6 Å². The zero-order valence-electron chi connectivity index (χ0n) is 17.4. The molecule has 0 radical (unpaired) electrons. The summed E-state index contributed by atoms with van der Waals surface area (Å²) in [5.41, 5.74) is 0.501. The number of hydrogen-bond donors (Lipinski definition) is 2. The number of rotatable bonds is 6. The molecule has 9 nitrogen and oxygen atoms in total. The normalized spacial score (nSPS) is 15.0. The molecule has 0 atom stereocenters. The fourth-order valence-electron chi connectivity index (χ4n) is 3.33. The number of carboxylic acid groups (broad SMARTS) is 1. The molecule has 2 N–H and O–H groups in total. The first-order valence-corrected chi connectivity index (χ1v) is 9.96. The Kier molecular flexibility index (Phi) is 5.77. The predicted octanol–water partition coefficient (Wildman–Crippen LogP) is 3.71. The molecule has 4 rings (SSSR count). The fourth-order valence-corrected chi connectivity index (χ4v) is 3.33. The van der Waals surface area contributed by atoms with Crippen LogP contribution in [0.25, 0.3) is 17.4 Å². The highest BCUT2D eigenvalue weighted by Gasteiger charge is 2.38. The number of furan rings is 1. The van der Waals surface area contributed by atoms with E-state index >= 15 is 0 Å². The van der Waals surface area contributed by atoms with Crippen molar-refractivity contribution >= 4 is 35.6 Å². The number of nitrogens with zero attached hydrogens (tertiary/aromatic N) is 1. The molecule has 2 heterocycles. The molecule has 1 aromatic heterocycles. The van der Waals surface area contributed by atoms with Gasteiger partial charge in [0.25, 0.3) is 11.8 Å². The van der Waals surface area contributed by atoms with Crippen LogP contribution in [0.15, 0.2) is 70.7 Å². The van der Waals surface area contributed by atoms with Crippen LogP contribution >= 0.6 is 0 Å². The van der Waals surface area contributed by atoms with E-state index in [9.17, 15) is 19.2 Å². The molecule has 0 bridgehead atoms. The Bertz CT molecular complexity index is 1310. The summed E-state index contributed by atoms with van der Waals surface area (Å²) in [7, 11) is 0. The summed E-state index contributed by atoms with van der Waals surface area (Å²) in [6, 6.07) is 14.9. The average molecular weight is 446 g/mol. The minimum atomic E-state index is -1.08. The lowest BCUT2D eigenvalue weighted by Gasteiger charge is -2.27. The standard InChI is InChI=1S/C24H18N2O7/c1-2-32-20-9-4-3-8-18(20)26-22(28)17(21(27)25-24(26)31)13-16-10-11-19(33-16)14-6-5-7-15(12-14)23(29)30/h3-13H,2H2,1H3,(H,29,30)(H,25,27,31)/b17-13-. The summed E-state index contributed by atoms with van der Waals surface area (Å²) in [6.45, 7) is 2.09. The number of hydrogen-bond acceptors (Lipinski definition) is 6. The molecule has 1 saturated heterocycles. The number of ether oxygens (including phenoxy) is 1. The van der Waals surface area contributed by atoms with E-state index in [1.165, 1.54) is 30.3 Å². The van der Waals surface area contributed by atoms with Crippen molar-refractivity contribution in [3.63, 3.8) is 0 Å². The van der Waals surface area contributed by atoms with Gasteiger partial charge in [0, 0.05) is 5.56 Å². The van der Waals surface area contributed by atoms with Crippen LogP contribution in [0.2, 0.25) is 0 Å². The van der Waals surface area contributed by atoms with Crippen molar-refractivity contribution in [2.24, 2.45) is 0 Å². The van der Waals surface area contributed by atoms with Gasteiger partial charge in [-0.05, 0) is 49.4 Å². The van der Waals surface area contributed by atoms with Gasteiger partial charge in [-0.2, -0.15) is 0 Å². The molecular weight excluding hydrogens is 428 g/mol. The Labute approximate surface area is 187 Å². The first-order valence-electron chi connectivity index (χ1n) is 9.96. The Morgan fingerprint density at radius 1 is 1.09 bits per heavy atom. The van der Waals surface area contributed by atoms with Gasteiger partial charge in [-0.3, -0.25) is 14.9 Å². The molecule has 0 unspecified atom stereocenters. The summed E-state index contributed by atoms with van der Waals surface area (Å²) in [5, 5.41) is 11.3. The monoisotopic (exact) mass is 446 g/mol. The van der Waals surface area contributed by atoms with Crippen molar-refractivity contribution in [3.8, 4) is 17.1 Å². The number of para-hydroxylation sites is 2. The zero-order valence-corrected chi connectivity index (χ0v) is 17.4. The van der Waals surface area contributed by atoms with E-state index in [1.807, 2.05) is 0 Å². The molecule has 4 amide bonds. The van der Waals surface area contributed by atoms with Gasteiger partial charge in [-0.15, -0.1) is 0 Å². The number of benzene rings is 2. The third kappa shape index (κ3) is 4.24. The van der Waals surface area contributed by atoms with Crippen LogP contribution in [0.1, 0.15) is 23.0 Å². The maximum atomic E-state index is 13.1. The lowest BCUT2D eigenvalue weighted by Crippen LogP contribution is -2.54. The highest BCUT2D eigenvalue weighted by molar-refractivity contribution is 6.39. The van der Waals surface area contributed by atoms with Gasteiger partial charge < -0.3 is 14.3 Å². The van der Waals surface area contributed by atoms with Gasteiger partial charge in [0.05, 0.1) is 17.9 Å². The van der Waals surface area contributed by atoms with Crippen molar-refractivity contribution < 1.29 is 33.4 Å². The fraction of sp³-hybridized carbons (Fsp3) is 0.0833. The second kappa shape index (κ2) is 8.83. The van der Waals surface area contributed by atoms with Crippen LogP contribution in [0.4, 0.5) is 10.5 Å². The molecule has 0 spiro atoms. The topological polar surface area (TPSA) is 126 Å².